The zero-order valence-corrected chi connectivity index (χ0v) is 9.75. The second-order valence-electron chi connectivity index (χ2n) is 4.37. The molecule has 0 unspecified atom stereocenters. The fraction of sp³-hybridized carbons (Fsp3) is 0.800. The summed E-state index contributed by atoms with van der Waals surface area (Å²) in [5, 5.41) is 0. The summed E-state index contributed by atoms with van der Waals surface area (Å²) in [6.45, 7) is -1.87. The normalized spacial score (nSPS) is 15.6. The number of halogens is 3. The van der Waals surface area contributed by atoms with Crippen molar-refractivity contribution in [3.05, 3.63) is 0 Å². The minimum Gasteiger partial charge on any atom is -0.347 e. The predicted octanol–water partition coefficient (Wildman–Crippen LogP) is 0.875. The first-order chi connectivity index (χ1) is 7.70. The van der Waals surface area contributed by atoms with E-state index in [1.807, 2.05) is 0 Å². The van der Waals surface area contributed by atoms with Gasteiger partial charge in [-0.25, -0.2) is 0 Å². The lowest BCUT2D eigenvalue weighted by Crippen LogP contribution is -2.45. The molecule has 4 nitrogen and oxygen atoms in total. The summed E-state index contributed by atoms with van der Waals surface area (Å²) < 4.78 is 36.8. The Hall–Kier alpha value is -1.27. The van der Waals surface area contributed by atoms with Gasteiger partial charge in [-0.3, -0.25) is 9.59 Å². The molecule has 1 rings (SSSR count). The van der Waals surface area contributed by atoms with Crippen LogP contribution in [0.5, 0.6) is 0 Å². The highest BCUT2D eigenvalue weighted by molar-refractivity contribution is 5.86. The van der Waals surface area contributed by atoms with Gasteiger partial charge in [0, 0.05) is 20.0 Å². The van der Waals surface area contributed by atoms with Gasteiger partial charge in [-0.2, -0.15) is 13.2 Å². The molecule has 98 valence electrons. The van der Waals surface area contributed by atoms with E-state index in [1.165, 1.54) is 19.0 Å². The topological polar surface area (TPSA) is 40.6 Å². The third-order valence-corrected chi connectivity index (χ3v) is 2.43. The Bertz CT molecular complexity index is 311. The Labute approximate surface area is 97.4 Å². The molecule has 0 aromatic heterocycles. The first-order valence-electron chi connectivity index (χ1n) is 5.26. The fourth-order valence-electron chi connectivity index (χ4n) is 1.32. The monoisotopic (exact) mass is 252 g/mol. The standard InChI is InChI=1S/C10H15F3N2O2/c1-14(2)8(16)5-15(6-10(11,12)13)9(17)7-3-4-7/h7H,3-6H2,1-2H3. The van der Waals surface area contributed by atoms with Gasteiger partial charge in [0.1, 0.15) is 13.1 Å². The largest absolute Gasteiger partial charge is 0.406 e. The van der Waals surface area contributed by atoms with Gasteiger partial charge in [0.25, 0.3) is 0 Å². The molecule has 1 aliphatic carbocycles. The molecular formula is C10H15F3N2O2. The Balaban J connectivity index is 2.64. The minimum atomic E-state index is -4.48. The lowest BCUT2D eigenvalue weighted by Gasteiger charge is -2.24. The molecule has 0 aliphatic heterocycles. The van der Waals surface area contributed by atoms with Crippen LogP contribution in [0.2, 0.25) is 0 Å². The lowest BCUT2D eigenvalue weighted by molar-refractivity contribution is -0.164. The number of alkyl halides is 3. The summed E-state index contributed by atoms with van der Waals surface area (Å²) >= 11 is 0. The van der Waals surface area contributed by atoms with Crippen molar-refractivity contribution in [2.45, 2.75) is 19.0 Å². The van der Waals surface area contributed by atoms with Gasteiger partial charge in [-0.15, -0.1) is 0 Å². The number of carbonyl (C=O) groups excluding carboxylic acids is 2. The number of amides is 2. The van der Waals surface area contributed by atoms with Crippen molar-refractivity contribution < 1.29 is 22.8 Å². The van der Waals surface area contributed by atoms with Gasteiger partial charge >= 0.3 is 6.18 Å². The average molecular weight is 252 g/mol. The van der Waals surface area contributed by atoms with Crippen LogP contribution in [0.3, 0.4) is 0 Å². The van der Waals surface area contributed by atoms with Crippen LogP contribution in [0.15, 0.2) is 0 Å². The zero-order valence-electron chi connectivity index (χ0n) is 9.75. The molecule has 0 N–H and O–H groups in total. The highest BCUT2D eigenvalue weighted by Crippen LogP contribution is 2.32. The van der Waals surface area contributed by atoms with Crippen molar-refractivity contribution in [3.8, 4) is 0 Å². The Morgan fingerprint density at radius 3 is 2.12 bits per heavy atom. The van der Waals surface area contributed by atoms with Crippen LogP contribution < -0.4 is 0 Å². The van der Waals surface area contributed by atoms with E-state index < -0.39 is 31.1 Å². The molecule has 0 saturated heterocycles. The number of nitrogens with zero attached hydrogens (tertiary/aromatic N) is 2. The molecule has 0 atom stereocenters. The minimum absolute atomic E-state index is 0.327. The highest BCUT2D eigenvalue weighted by atomic mass is 19.4. The molecule has 1 aliphatic rings. The lowest BCUT2D eigenvalue weighted by atomic mass is 10.3. The van der Waals surface area contributed by atoms with E-state index in [4.69, 9.17) is 0 Å². The van der Waals surface area contributed by atoms with Gasteiger partial charge < -0.3 is 9.80 Å². The van der Waals surface area contributed by atoms with Crippen LogP contribution in [0, 0.1) is 5.92 Å². The Kier molecular flexibility index (Phi) is 4.00. The van der Waals surface area contributed by atoms with Crippen molar-refractivity contribution in [1.82, 2.24) is 9.80 Å². The highest BCUT2D eigenvalue weighted by Gasteiger charge is 2.39. The SMILES string of the molecule is CN(C)C(=O)CN(CC(F)(F)F)C(=O)C1CC1. The summed E-state index contributed by atoms with van der Waals surface area (Å²) in [7, 11) is 2.88. The van der Waals surface area contributed by atoms with Crippen molar-refractivity contribution in [3.63, 3.8) is 0 Å². The first-order valence-corrected chi connectivity index (χ1v) is 5.26. The third kappa shape index (κ3) is 4.62. The van der Waals surface area contributed by atoms with Crippen molar-refractivity contribution in [2.24, 2.45) is 5.92 Å². The molecule has 0 aromatic rings. The Morgan fingerprint density at radius 2 is 1.76 bits per heavy atom. The van der Waals surface area contributed by atoms with Gasteiger partial charge in [0.05, 0.1) is 0 Å². The van der Waals surface area contributed by atoms with Crippen molar-refractivity contribution >= 4 is 11.8 Å². The summed E-state index contributed by atoms with van der Waals surface area (Å²) in [4.78, 5) is 24.7. The fourth-order valence-corrected chi connectivity index (χ4v) is 1.32. The third-order valence-electron chi connectivity index (χ3n) is 2.43. The van der Waals surface area contributed by atoms with E-state index in [-0.39, 0.29) is 5.92 Å². The molecule has 7 heteroatoms. The quantitative estimate of drug-likeness (QED) is 0.745. The molecule has 1 saturated carbocycles. The number of rotatable bonds is 4. The van der Waals surface area contributed by atoms with Gasteiger partial charge in [0.15, 0.2) is 0 Å². The molecule has 0 heterocycles. The smallest absolute Gasteiger partial charge is 0.347 e. The van der Waals surface area contributed by atoms with Gasteiger partial charge in [-0.05, 0) is 12.8 Å². The molecule has 0 bridgehead atoms. The maximum atomic E-state index is 12.3. The summed E-state index contributed by atoms with van der Waals surface area (Å²) in [6, 6.07) is 0. The predicted molar refractivity (Wildman–Crippen MR) is 54.1 cm³/mol. The molecule has 1 fully saturated rings. The molecule has 17 heavy (non-hydrogen) atoms. The number of carbonyl (C=O) groups is 2. The van der Waals surface area contributed by atoms with Crippen LogP contribution in [0.25, 0.3) is 0 Å². The number of likely N-dealkylation sites (N-methyl/N-ethyl adjacent to an activating group) is 1. The average Bonchev–Trinajstić information content (AvgIpc) is 2.96. The number of hydrogen-bond acceptors (Lipinski definition) is 2. The van der Waals surface area contributed by atoms with Crippen LogP contribution in [-0.2, 0) is 9.59 Å². The molecular weight excluding hydrogens is 237 g/mol. The molecule has 0 aromatic carbocycles. The zero-order chi connectivity index (χ0) is 13.2. The van der Waals surface area contributed by atoms with Crippen LogP contribution in [0.1, 0.15) is 12.8 Å². The number of hydrogen-bond donors (Lipinski definition) is 0. The first kappa shape index (κ1) is 13.8. The van der Waals surface area contributed by atoms with E-state index >= 15 is 0 Å². The second-order valence-corrected chi connectivity index (χ2v) is 4.37. The van der Waals surface area contributed by atoms with Gasteiger partial charge in [-0.1, -0.05) is 0 Å². The molecule has 2 amide bonds. The second kappa shape index (κ2) is 4.93. The maximum absolute atomic E-state index is 12.3. The summed E-state index contributed by atoms with van der Waals surface area (Å²) in [5.41, 5.74) is 0. The van der Waals surface area contributed by atoms with E-state index in [0.29, 0.717) is 17.7 Å². The van der Waals surface area contributed by atoms with E-state index in [0.717, 1.165) is 0 Å². The van der Waals surface area contributed by atoms with Crippen molar-refractivity contribution in [2.75, 3.05) is 27.2 Å². The van der Waals surface area contributed by atoms with Crippen LogP contribution >= 0.6 is 0 Å². The summed E-state index contributed by atoms with van der Waals surface area (Å²) in [6.07, 6.45) is -3.25. The van der Waals surface area contributed by atoms with E-state index in [1.54, 1.807) is 0 Å². The van der Waals surface area contributed by atoms with E-state index in [2.05, 4.69) is 0 Å². The summed E-state index contributed by atoms with van der Waals surface area (Å²) in [5.74, 6) is -1.41. The maximum Gasteiger partial charge on any atom is 0.406 e. The van der Waals surface area contributed by atoms with Crippen LogP contribution in [-0.4, -0.2) is 55.0 Å². The molecule has 0 spiro atoms. The van der Waals surface area contributed by atoms with Crippen molar-refractivity contribution in [1.29, 1.82) is 0 Å². The Morgan fingerprint density at radius 1 is 1.24 bits per heavy atom. The van der Waals surface area contributed by atoms with Gasteiger partial charge in [0.2, 0.25) is 11.8 Å². The molecule has 0 radical (unpaired) electrons. The van der Waals surface area contributed by atoms with Crippen LogP contribution in [0.4, 0.5) is 13.2 Å². The van der Waals surface area contributed by atoms with E-state index in [9.17, 15) is 22.8 Å².